The molecule has 1 aliphatic heterocycles. The third-order valence-electron chi connectivity index (χ3n) is 9.45. The van der Waals surface area contributed by atoms with Crippen molar-refractivity contribution >= 4 is 5.78 Å². The molecule has 3 N–H and O–H groups in total. The van der Waals surface area contributed by atoms with Crippen LogP contribution in [-0.2, 0) is 9.53 Å². The van der Waals surface area contributed by atoms with Gasteiger partial charge in [-0.1, -0.05) is 116 Å². The first-order valence-corrected chi connectivity index (χ1v) is 17.9. The van der Waals surface area contributed by atoms with E-state index in [1.54, 1.807) is 0 Å². The summed E-state index contributed by atoms with van der Waals surface area (Å²) in [7, 11) is 0. The number of carbonyl (C=O) groups excluding carboxylic acids is 1. The summed E-state index contributed by atoms with van der Waals surface area (Å²) in [6.45, 7) is 4.28. The second-order valence-electron chi connectivity index (χ2n) is 13.6. The van der Waals surface area contributed by atoms with Gasteiger partial charge in [0.15, 0.2) is 5.78 Å². The van der Waals surface area contributed by atoms with E-state index < -0.39 is 24.5 Å². The highest BCUT2D eigenvalue weighted by molar-refractivity contribution is 5.97. The summed E-state index contributed by atoms with van der Waals surface area (Å²) in [5.41, 5.74) is 0.817. The van der Waals surface area contributed by atoms with Crippen molar-refractivity contribution in [1.29, 1.82) is 0 Å². The van der Waals surface area contributed by atoms with E-state index in [-0.39, 0.29) is 24.4 Å². The molecule has 0 amide bonds. The average molecular weight is 596 g/mol. The van der Waals surface area contributed by atoms with E-state index in [0.29, 0.717) is 31.6 Å². The largest absolute Gasteiger partial charge is 0.393 e. The van der Waals surface area contributed by atoms with E-state index in [1.165, 1.54) is 44.9 Å². The summed E-state index contributed by atoms with van der Waals surface area (Å²) in [6, 6.07) is 0. The van der Waals surface area contributed by atoms with Crippen LogP contribution in [-0.4, -0.2) is 57.8 Å². The number of Topliss-reactive ketones (excluding diaryl/α,β-unsaturated/α-hetero) is 1. The lowest BCUT2D eigenvalue weighted by Crippen LogP contribution is -2.30. The van der Waals surface area contributed by atoms with Gasteiger partial charge in [0.1, 0.15) is 6.17 Å². The van der Waals surface area contributed by atoms with Crippen molar-refractivity contribution in [3.05, 3.63) is 11.6 Å². The predicted molar refractivity (Wildman–Crippen MR) is 170 cm³/mol. The number of carbonyl (C=O) groups is 1. The van der Waals surface area contributed by atoms with Crippen LogP contribution in [0.2, 0.25) is 0 Å². The normalized spacial score (nSPS) is 23.7. The minimum Gasteiger partial charge on any atom is -0.393 e. The van der Waals surface area contributed by atoms with Crippen LogP contribution >= 0.6 is 0 Å². The number of allylic oxidation sites excluding steroid dienone is 1. The van der Waals surface area contributed by atoms with Crippen LogP contribution in [0.25, 0.3) is 0 Å². The third kappa shape index (κ3) is 16.3. The molecule has 6 heteroatoms. The minimum atomic E-state index is -1.20. The maximum atomic E-state index is 14.4. The van der Waals surface area contributed by atoms with Gasteiger partial charge >= 0.3 is 0 Å². The van der Waals surface area contributed by atoms with Gasteiger partial charge in [-0.2, -0.15) is 0 Å². The quantitative estimate of drug-likeness (QED) is 0.0871. The Labute approximate surface area is 257 Å². The molecule has 0 aromatic carbocycles. The molecular formula is C36H65FO5. The SMILES string of the molecule is CCCCCCCCCCCCC([18F])[C@H](O)CC[C@H](O)[C@@H]1CC[C@@H](CCCCCCC[C@@H](O)CC2=C[C@H](C)CC2=O)O1. The average Bonchev–Trinajstić information content (AvgIpc) is 3.57. The van der Waals surface area contributed by atoms with Crippen molar-refractivity contribution in [3.63, 3.8) is 0 Å². The molecule has 0 bridgehead atoms. The molecule has 1 unspecified atom stereocenters. The fourth-order valence-corrected chi connectivity index (χ4v) is 6.70. The molecule has 1 saturated heterocycles. The zero-order valence-corrected chi connectivity index (χ0v) is 27.1. The number of ether oxygens (including phenoxy) is 1. The number of aliphatic hydroxyl groups excluding tert-OH is 3. The van der Waals surface area contributed by atoms with Crippen LogP contribution in [0.4, 0.5) is 4.39 Å². The predicted octanol–water partition coefficient (Wildman–Crippen LogP) is 8.70. The Bertz CT molecular complexity index is 728. The lowest BCUT2D eigenvalue weighted by molar-refractivity contribution is -0.115. The van der Waals surface area contributed by atoms with Crippen LogP contribution in [0.1, 0.15) is 168 Å². The maximum absolute atomic E-state index is 14.4. The standard InChI is InChI=1S/C36H65FO5/c1-3-4-5-6-7-8-9-10-14-17-20-32(37)33(39)22-23-34(40)36-24-21-31(42-36)19-16-13-11-12-15-18-30(38)27-29-25-28(2)26-35(29)41/h25,28,30-34,36,38-40H,3-24,26-27H2,1-2H3/t28-,30+,31+,32?,33+,34-,36-/m0/s1/i37-1. The van der Waals surface area contributed by atoms with Crippen molar-refractivity contribution in [2.45, 2.75) is 205 Å². The highest BCUT2D eigenvalue weighted by atomic mass is 18.2. The summed E-state index contributed by atoms with van der Waals surface area (Å²) >= 11 is 0. The maximum Gasteiger partial charge on any atom is 0.159 e. The molecule has 0 saturated carbocycles. The fraction of sp³-hybridized carbons (Fsp3) is 0.917. The molecular weight excluding hydrogens is 530 g/mol. The number of hydrogen-bond donors (Lipinski definition) is 3. The number of halogens is 1. The van der Waals surface area contributed by atoms with Crippen molar-refractivity contribution in [2.24, 2.45) is 5.92 Å². The first-order chi connectivity index (χ1) is 20.3. The Kier molecular flexibility index (Phi) is 20.2. The Hall–Kier alpha value is -0.820. The van der Waals surface area contributed by atoms with Crippen LogP contribution in [0.3, 0.4) is 0 Å². The Morgan fingerprint density at radius 3 is 2.02 bits per heavy atom. The zero-order valence-electron chi connectivity index (χ0n) is 27.1. The highest BCUT2D eigenvalue weighted by Gasteiger charge is 2.31. The van der Waals surface area contributed by atoms with Crippen molar-refractivity contribution in [3.8, 4) is 0 Å². The number of alkyl halides is 1. The van der Waals surface area contributed by atoms with Crippen LogP contribution in [0.15, 0.2) is 11.6 Å². The van der Waals surface area contributed by atoms with Gasteiger partial charge in [0, 0.05) is 12.8 Å². The zero-order chi connectivity index (χ0) is 30.6. The number of ketones is 1. The lowest BCUT2D eigenvalue weighted by Gasteiger charge is -2.22. The summed E-state index contributed by atoms with van der Waals surface area (Å²) in [6.07, 6.45) is 22.0. The van der Waals surface area contributed by atoms with Gasteiger partial charge in [-0.15, -0.1) is 0 Å². The summed E-state index contributed by atoms with van der Waals surface area (Å²) < 4.78 is 20.5. The van der Waals surface area contributed by atoms with E-state index in [0.717, 1.165) is 82.6 Å². The van der Waals surface area contributed by atoms with E-state index in [9.17, 15) is 24.5 Å². The van der Waals surface area contributed by atoms with Gasteiger partial charge in [-0.25, -0.2) is 4.39 Å². The Morgan fingerprint density at radius 2 is 1.40 bits per heavy atom. The Balaban J connectivity index is 1.42. The van der Waals surface area contributed by atoms with E-state index >= 15 is 0 Å². The van der Waals surface area contributed by atoms with Crippen LogP contribution in [0.5, 0.6) is 0 Å². The molecule has 0 aromatic rings. The monoisotopic (exact) mass is 595 g/mol. The van der Waals surface area contributed by atoms with Crippen LogP contribution in [0, 0.1) is 5.92 Å². The molecule has 2 aliphatic rings. The number of rotatable bonds is 26. The first-order valence-electron chi connectivity index (χ1n) is 17.9. The van der Waals surface area contributed by atoms with Gasteiger partial charge in [-0.05, 0) is 56.4 Å². The molecule has 1 heterocycles. The molecule has 7 atom stereocenters. The van der Waals surface area contributed by atoms with E-state index in [4.69, 9.17) is 4.74 Å². The molecule has 1 aliphatic carbocycles. The van der Waals surface area contributed by atoms with Gasteiger partial charge in [0.05, 0.1) is 30.5 Å². The topological polar surface area (TPSA) is 87.0 Å². The molecule has 0 spiro atoms. The number of unbranched alkanes of at least 4 members (excludes halogenated alkanes) is 13. The minimum absolute atomic E-state index is 0.182. The van der Waals surface area contributed by atoms with Gasteiger partial charge in [0.25, 0.3) is 0 Å². The van der Waals surface area contributed by atoms with E-state index in [1.807, 2.05) is 13.0 Å². The van der Waals surface area contributed by atoms with Gasteiger partial charge < -0.3 is 20.1 Å². The number of hydrogen-bond acceptors (Lipinski definition) is 5. The molecule has 1 fully saturated rings. The van der Waals surface area contributed by atoms with E-state index in [2.05, 4.69) is 6.92 Å². The molecule has 0 radical (unpaired) electrons. The third-order valence-corrected chi connectivity index (χ3v) is 9.45. The molecule has 42 heavy (non-hydrogen) atoms. The number of aliphatic hydroxyl groups is 3. The lowest BCUT2D eigenvalue weighted by atomic mass is 9.98. The molecule has 0 aromatic heterocycles. The smallest absolute Gasteiger partial charge is 0.159 e. The van der Waals surface area contributed by atoms with Crippen molar-refractivity contribution in [1.82, 2.24) is 0 Å². The second-order valence-corrected chi connectivity index (χ2v) is 13.6. The van der Waals surface area contributed by atoms with Crippen molar-refractivity contribution in [2.75, 3.05) is 0 Å². The molecule has 5 nitrogen and oxygen atoms in total. The summed E-state index contributed by atoms with van der Waals surface area (Å²) in [5.74, 6) is 0.513. The second kappa shape index (κ2) is 22.7. The van der Waals surface area contributed by atoms with Crippen molar-refractivity contribution < 1.29 is 29.2 Å². The van der Waals surface area contributed by atoms with Gasteiger partial charge in [-0.3, -0.25) is 4.79 Å². The summed E-state index contributed by atoms with van der Waals surface area (Å²) in [5, 5.41) is 31.1. The van der Waals surface area contributed by atoms with Gasteiger partial charge in [0.2, 0.25) is 0 Å². The Morgan fingerprint density at radius 1 is 0.810 bits per heavy atom. The molecule has 246 valence electrons. The van der Waals surface area contributed by atoms with Crippen LogP contribution < -0.4 is 0 Å². The molecule has 2 rings (SSSR count). The highest BCUT2D eigenvalue weighted by Crippen LogP contribution is 2.29. The first kappa shape index (κ1) is 37.4. The fourth-order valence-electron chi connectivity index (χ4n) is 6.70. The summed E-state index contributed by atoms with van der Waals surface area (Å²) in [4.78, 5) is 11.9.